The van der Waals surface area contributed by atoms with Crippen LogP contribution in [0.25, 0.3) is 0 Å². The summed E-state index contributed by atoms with van der Waals surface area (Å²) in [4.78, 5) is 17.9. The molecule has 4 nitrogen and oxygen atoms in total. The Hall–Kier alpha value is -1.82. The second-order valence-corrected chi connectivity index (χ2v) is 4.79. The molecule has 1 aromatic rings. The average Bonchev–Trinajstić information content (AvgIpc) is 2.40. The van der Waals surface area contributed by atoms with E-state index in [2.05, 4.69) is 4.99 Å². The van der Waals surface area contributed by atoms with Crippen LogP contribution in [0.3, 0.4) is 0 Å². The van der Waals surface area contributed by atoms with E-state index in [1.54, 1.807) is 30.9 Å². The molecular weight excluding hydrogens is 279 g/mol. The fourth-order valence-corrected chi connectivity index (χ4v) is 2.33. The molecule has 1 aliphatic rings. The molecule has 1 unspecified atom stereocenters. The zero-order valence-corrected chi connectivity index (χ0v) is 12.1. The SMILES string of the molecule is CCOC(=O)C1CN(c2ccc(F)cc2)C(=S)N=C1C. The third-order valence-corrected chi connectivity index (χ3v) is 3.39. The van der Waals surface area contributed by atoms with E-state index in [0.29, 0.717) is 29.7 Å². The molecule has 0 radical (unpaired) electrons. The lowest BCUT2D eigenvalue weighted by molar-refractivity contribution is -0.145. The number of benzene rings is 1. The van der Waals surface area contributed by atoms with E-state index >= 15 is 0 Å². The number of carbonyl (C=O) groups is 1. The van der Waals surface area contributed by atoms with Crippen LogP contribution in [0, 0.1) is 11.7 Å². The number of esters is 1. The van der Waals surface area contributed by atoms with Gasteiger partial charge in [-0.15, -0.1) is 0 Å². The van der Waals surface area contributed by atoms with Crippen LogP contribution in [-0.2, 0) is 9.53 Å². The minimum Gasteiger partial charge on any atom is -0.465 e. The van der Waals surface area contributed by atoms with Gasteiger partial charge in [-0.1, -0.05) is 0 Å². The zero-order chi connectivity index (χ0) is 14.7. The number of nitrogens with zero attached hydrogens (tertiary/aromatic N) is 2. The molecule has 6 heteroatoms. The van der Waals surface area contributed by atoms with Crippen molar-refractivity contribution < 1.29 is 13.9 Å². The minimum absolute atomic E-state index is 0.316. The molecule has 1 aromatic carbocycles. The largest absolute Gasteiger partial charge is 0.465 e. The molecule has 0 bridgehead atoms. The second kappa shape index (κ2) is 6.09. The van der Waals surface area contributed by atoms with Gasteiger partial charge < -0.3 is 9.64 Å². The van der Waals surface area contributed by atoms with E-state index in [1.165, 1.54) is 12.1 Å². The molecule has 0 fully saturated rings. The van der Waals surface area contributed by atoms with Gasteiger partial charge in [-0.3, -0.25) is 4.79 Å². The van der Waals surface area contributed by atoms with Gasteiger partial charge in [-0.05, 0) is 50.3 Å². The quantitative estimate of drug-likeness (QED) is 0.635. The van der Waals surface area contributed by atoms with Crippen molar-refractivity contribution in [2.45, 2.75) is 13.8 Å². The minimum atomic E-state index is -0.452. The molecule has 1 heterocycles. The van der Waals surface area contributed by atoms with Crippen molar-refractivity contribution in [3.8, 4) is 0 Å². The third-order valence-electron chi connectivity index (χ3n) is 3.08. The number of rotatable bonds is 3. The Morgan fingerprint density at radius 2 is 2.15 bits per heavy atom. The summed E-state index contributed by atoms with van der Waals surface area (Å²) in [6.07, 6.45) is 0. The Morgan fingerprint density at radius 1 is 1.50 bits per heavy atom. The first-order valence-electron chi connectivity index (χ1n) is 6.31. The molecule has 106 valence electrons. The van der Waals surface area contributed by atoms with Gasteiger partial charge in [-0.25, -0.2) is 9.38 Å². The monoisotopic (exact) mass is 294 g/mol. The summed E-state index contributed by atoms with van der Waals surface area (Å²) in [6, 6.07) is 5.92. The Bertz CT molecular complexity index is 557. The van der Waals surface area contributed by atoms with Crippen molar-refractivity contribution in [3.63, 3.8) is 0 Å². The second-order valence-electron chi connectivity index (χ2n) is 4.43. The van der Waals surface area contributed by atoms with E-state index in [1.807, 2.05) is 0 Å². The predicted molar refractivity (Wildman–Crippen MR) is 79.6 cm³/mol. The van der Waals surface area contributed by atoms with Crippen molar-refractivity contribution >= 4 is 34.7 Å². The van der Waals surface area contributed by atoms with Crippen molar-refractivity contribution in [2.75, 3.05) is 18.1 Å². The van der Waals surface area contributed by atoms with Gasteiger partial charge in [0.2, 0.25) is 0 Å². The van der Waals surface area contributed by atoms with Crippen LogP contribution in [0.2, 0.25) is 0 Å². The lowest BCUT2D eigenvalue weighted by Gasteiger charge is -2.31. The van der Waals surface area contributed by atoms with E-state index in [0.717, 1.165) is 0 Å². The molecule has 0 aliphatic carbocycles. The van der Waals surface area contributed by atoms with E-state index in [9.17, 15) is 9.18 Å². The molecule has 1 atom stereocenters. The van der Waals surface area contributed by atoms with Gasteiger partial charge in [0.1, 0.15) is 11.7 Å². The van der Waals surface area contributed by atoms with Gasteiger partial charge in [0.25, 0.3) is 0 Å². The van der Waals surface area contributed by atoms with Crippen LogP contribution < -0.4 is 4.90 Å². The summed E-state index contributed by atoms with van der Waals surface area (Å²) < 4.78 is 18.0. The number of anilines is 1. The summed E-state index contributed by atoms with van der Waals surface area (Å²) in [6.45, 7) is 4.20. The molecule has 0 aromatic heterocycles. The molecule has 0 amide bonds. The molecule has 1 aliphatic heterocycles. The standard InChI is InChI=1S/C14H15FN2O2S/c1-3-19-13(18)12-8-17(14(20)16-9(12)2)11-6-4-10(15)5-7-11/h4-7,12H,3,8H2,1-2H3. The van der Waals surface area contributed by atoms with E-state index < -0.39 is 5.92 Å². The average molecular weight is 294 g/mol. The van der Waals surface area contributed by atoms with Gasteiger partial charge in [0.05, 0.1) is 6.61 Å². The number of ether oxygens (including phenoxy) is 1. The number of hydrogen-bond acceptors (Lipinski definition) is 3. The van der Waals surface area contributed by atoms with Gasteiger partial charge in [-0.2, -0.15) is 0 Å². The van der Waals surface area contributed by atoms with Crippen molar-refractivity contribution in [3.05, 3.63) is 30.1 Å². The fraction of sp³-hybridized carbons (Fsp3) is 0.357. The van der Waals surface area contributed by atoms with E-state index in [4.69, 9.17) is 17.0 Å². The first kappa shape index (κ1) is 14.6. The number of aliphatic imine (C=N–C) groups is 1. The van der Waals surface area contributed by atoms with Crippen LogP contribution in [0.15, 0.2) is 29.3 Å². The molecule has 0 spiro atoms. The fourth-order valence-electron chi connectivity index (χ4n) is 2.01. The number of thiocarbonyl (C=S) groups is 1. The highest BCUT2D eigenvalue weighted by molar-refractivity contribution is 7.80. The smallest absolute Gasteiger partial charge is 0.316 e. The molecule has 20 heavy (non-hydrogen) atoms. The van der Waals surface area contributed by atoms with Gasteiger partial charge in [0.15, 0.2) is 5.11 Å². The van der Waals surface area contributed by atoms with Crippen LogP contribution >= 0.6 is 12.2 Å². The predicted octanol–water partition coefficient (Wildman–Crippen LogP) is 2.57. The Kier molecular flexibility index (Phi) is 4.44. The van der Waals surface area contributed by atoms with Crippen LogP contribution in [0.5, 0.6) is 0 Å². The highest BCUT2D eigenvalue weighted by atomic mass is 32.1. The van der Waals surface area contributed by atoms with Crippen LogP contribution in [0.1, 0.15) is 13.8 Å². The lowest BCUT2D eigenvalue weighted by Crippen LogP contribution is -2.44. The molecule has 0 saturated carbocycles. The molecular formula is C14H15FN2O2S. The summed E-state index contributed by atoms with van der Waals surface area (Å²) in [5.74, 6) is -1.09. The molecule has 0 N–H and O–H groups in total. The number of halogens is 1. The Labute approximate surface area is 122 Å². The first-order valence-corrected chi connectivity index (χ1v) is 6.72. The summed E-state index contributed by atoms with van der Waals surface area (Å²) >= 11 is 5.22. The van der Waals surface area contributed by atoms with Crippen molar-refractivity contribution in [1.29, 1.82) is 0 Å². The summed E-state index contributed by atoms with van der Waals surface area (Å²) in [5.41, 5.74) is 1.36. The van der Waals surface area contributed by atoms with Crippen LogP contribution in [-0.4, -0.2) is 29.9 Å². The maximum Gasteiger partial charge on any atom is 0.316 e. The lowest BCUT2D eigenvalue weighted by atomic mass is 10.0. The Balaban J connectivity index is 2.25. The van der Waals surface area contributed by atoms with Gasteiger partial charge >= 0.3 is 5.97 Å². The van der Waals surface area contributed by atoms with Crippen molar-refractivity contribution in [2.24, 2.45) is 10.9 Å². The van der Waals surface area contributed by atoms with E-state index in [-0.39, 0.29) is 11.8 Å². The summed E-state index contributed by atoms with van der Waals surface area (Å²) in [5, 5.41) is 0.370. The highest BCUT2D eigenvalue weighted by Gasteiger charge is 2.31. The number of carbonyl (C=O) groups excluding carboxylic acids is 1. The van der Waals surface area contributed by atoms with Crippen LogP contribution in [0.4, 0.5) is 10.1 Å². The topological polar surface area (TPSA) is 41.9 Å². The maximum atomic E-state index is 13.0. The normalized spacial score (nSPS) is 18.8. The molecule has 2 rings (SSSR count). The Morgan fingerprint density at radius 3 is 2.75 bits per heavy atom. The van der Waals surface area contributed by atoms with Crippen molar-refractivity contribution in [1.82, 2.24) is 0 Å². The third kappa shape index (κ3) is 3.01. The highest BCUT2D eigenvalue weighted by Crippen LogP contribution is 2.22. The molecule has 0 saturated heterocycles. The number of hydrogen-bond donors (Lipinski definition) is 0. The summed E-state index contributed by atoms with van der Waals surface area (Å²) in [7, 11) is 0. The first-order chi connectivity index (χ1) is 9.52. The van der Waals surface area contributed by atoms with Gasteiger partial charge in [0, 0.05) is 17.9 Å². The maximum absolute atomic E-state index is 13.0. The zero-order valence-electron chi connectivity index (χ0n) is 11.3.